The highest BCUT2D eigenvalue weighted by Gasteiger charge is 2.25. The van der Waals surface area contributed by atoms with Crippen molar-refractivity contribution in [2.75, 3.05) is 19.6 Å². The van der Waals surface area contributed by atoms with Gasteiger partial charge in [0, 0.05) is 18.4 Å². The molecular weight excluding hydrogens is 239 g/mol. The highest BCUT2D eigenvalue weighted by atomic mass is 19.1. The van der Waals surface area contributed by atoms with E-state index in [-0.39, 0.29) is 5.82 Å². The summed E-state index contributed by atoms with van der Waals surface area (Å²) in [5.41, 5.74) is 1.23. The van der Waals surface area contributed by atoms with E-state index in [1.807, 2.05) is 12.1 Å². The molecule has 0 saturated carbocycles. The summed E-state index contributed by atoms with van der Waals surface area (Å²) < 4.78 is 12.9. The van der Waals surface area contributed by atoms with Crippen LogP contribution in [0.1, 0.15) is 44.7 Å². The fraction of sp³-hybridized carbons (Fsp3) is 0.625. The second-order valence-corrected chi connectivity index (χ2v) is 5.87. The molecule has 3 heteroatoms. The van der Waals surface area contributed by atoms with Crippen molar-refractivity contribution in [1.29, 1.82) is 0 Å². The van der Waals surface area contributed by atoms with Crippen LogP contribution in [0.4, 0.5) is 4.39 Å². The number of rotatable bonds is 5. The molecule has 0 bridgehead atoms. The van der Waals surface area contributed by atoms with Gasteiger partial charge in [-0.1, -0.05) is 19.1 Å². The lowest BCUT2D eigenvalue weighted by molar-refractivity contribution is -0.914. The van der Waals surface area contributed by atoms with Crippen LogP contribution in [0.25, 0.3) is 0 Å². The van der Waals surface area contributed by atoms with E-state index in [0.29, 0.717) is 6.04 Å². The lowest BCUT2D eigenvalue weighted by Gasteiger charge is -2.29. The number of hydrogen-bond acceptors (Lipinski definition) is 0. The van der Waals surface area contributed by atoms with Crippen molar-refractivity contribution in [2.45, 2.75) is 45.2 Å². The standard InChI is InChI=1S/C16H25FN2/c1-3-10-19-11-8-16(9-12-19)18-13(2)14-4-6-15(17)7-5-14/h4-7,13,16,18H,3,8-12H2,1-2H3/p+2/t13-/m1/s1. The minimum atomic E-state index is -0.146. The average molecular weight is 266 g/mol. The van der Waals surface area contributed by atoms with Crippen LogP contribution >= 0.6 is 0 Å². The summed E-state index contributed by atoms with van der Waals surface area (Å²) in [5, 5.41) is 2.47. The Labute approximate surface area is 116 Å². The molecule has 19 heavy (non-hydrogen) atoms. The number of nitrogens with two attached hydrogens (primary N) is 1. The first-order chi connectivity index (χ1) is 9.19. The Hall–Kier alpha value is -0.930. The van der Waals surface area contributed by atoms with Crippen LogP contribution in [0.2, 0.25) is 0 Å². The van der Waals surface area contributed by atoms with E-state index in [1.165, 1.54) is 44.5 Å². The predicted molar refractivity (Wildman–Crippen MR) is 75.6 cm³/mol. The van der Waals surface area contributed by atoms with Gasteiger partial charge >= 0.3 is 0 Å². The van der Waals surface area contributed by atoms with Crippen LogP contribution in [0.15, 0.2) is 24.3 Å². The largest absolute Gasteiger partial charge is 0.337 e. The molecule has 0 radical (unpaired) electrons. The SMILES string of the molecule is CCC[NH+]1CCC([NH2+][C@H](C)c2ccc(F)cc2)CC1. The molecule has 0 unspecified atom stereocenters. The van der Waals surface area contributed by atoms with Crippen LogP contribution in [0.3, 0.4) is 0 Å². The molecule has 2 nitrogen and oxygen atoms in total. The van der Waals surface area contributed by atoms with E-state index in [9.17, 15) is 4.39 Å². The van der Waals surface area contributed by atoms with E-state index in [4.69, 9.17) is 0 Å². The summed E-state index contributed by atoms with van der Waals surface area (Å²) in [6, 6.07) is 8.11. The summed E-state index contributed by atoms with van der Waals surface area (Å²) in [7, 11) is 0. The normalized spacial score (nSPS) is 25.2. The summed E-state index contributed by atoms with van der Waals surface area (Å²) in [4.78, 5) is 1.77. The van der Waals surface area contributed by atoms with Crippen LogP contribution in [-0.2, 0) is 0 Å². The maximum absolute atomic E-state index is 12.9. The third-order valence-electron chi connectivity index (χ3n) is 4.30. The van der Waals surface area contributed by atoms with Crippen molar-refractivity contribution in [3.8, 4) is 0 Å². The van der Waals surface area contributed by atoms with Crippen LogP contribution in [-0.4, -0.2) is 25.7 Å². The van der Waals surface area contributed by atoms with Crippen molar-refractivity contribution in [1.82, 2.24) is 0 Å². The molecule has 0 aromatic heterocycles. The second-order valence-electron chi connectivity index (χ2n) is 5.87. The molecule has 0 spiro atoms. The van der Waals surface area contributed by atoms with Gasteiger partial charge in [0.15, 0.2) is 0 Å². The minimum absolute atomic E-state index is 0.146. The number of piperidine rings is 1. The Kier molecular flexibility index (Phi) is 5.34. The van der Waals surface area contributed by atoms with E-state index in [1.54, 1.807) is 17.0 Å². The van der Waals surface area contributed by atoms with Crippen LogP contribution in [0, 0.1) is 5.82 Å². The zero-order valence-corrected chi connectivity index (χ0v) is 12.2. The highest BCUT2D eigenvalue weighted by Crippen LogP contribution is 2.10. The van der Waals surface area contributed by atoms with Gasteiger partial charge < -0.3 is 10.2 Å². The number of halogens is 1. The van der Waals surface area contributed by atoms with Gasteiger partial charge in [0.1, 0.15) is 11.9 Å². The summed E-state index contributed by atoms with van der Waals surface area (Å²) in [5.74, 6) is -0.146. The van der Waals surface area contributed by atoms with E-state index in [2.05, 4.69) is 19.2 Å². The summed E-state index contributed by atoms with van der Waals surface area (Å²) >= 11 is 0. The molecule has 1 fully saturated rings. The molecular formula is C16H27FN2+2. The van der Waals surface area contributed by atoms with E-state index >= 15 is 0 Å². The van der Waals surface area contributed by atoms with Gasteiger partial charge in [-0.3, -0.25) is 0 Å². The third-order valence-corrected chi connectivity index (χ3v) is 4.30. The van der Waals surface area contributed by atoms with Gasteiger partial charge in [0.2, 0.25) is 0 Å². The molecule has 2 rings (SSSR count). The molecule has 0 aliphatic carbocycles. The molecule has 1 atom stereocenters. The second kappa shape index (κ2) is 7.01. The van der Waals surface area contributed by atoms with Crippen molar-refractivity contribution >= 4 is 0 Å². The fourth-order valence-electron chi connectivity index (χ4n) is 3.13. The van der Waals surface area contributed by atoms with Gasteiger partial charge in [-0.15, -0.1) is 0 Å². The average Bonchev–Trinajstić information content (AvgIpc) is 2.42. The topological polar surface area (TPSA) is 21.1 Å². The van der Waals surface area contributed by atoms with Crippen molar-refractivity contribution in [2.24, 2.45) is 0 Å². The van der Waals surface area contributed by atoms with Gasteiger partial charge in [-0.2, -0.15) is 0 Å². The molecule has 0 amide bonds. The number of benzene rings is 1. The third kappa shape index (κ3) is 4.29. The number of quaternary nitrogens is 2. The molecule has 106 valence electrons. The molecule has 1 aliphatic heterocycles. The van der Waals surface area contributed by atoms with Crippen LogP contribution in [0.5, 0.6) is 0 Å². The van der Waals surface area contributed by atoms with E-state index in [0.717, 1.165) is 6.04 Å². The molecule has 1 aliphatic rings. The van der Waals surface area contributed by atoms with Crippen molar-refractivity contribution < 1.29 is 14.6 Å². The first-order valence-corrected chi connectivity index (χ1v) is 7.63. The monoisotopic (exact) mass is 266 g/mol. The van der Waals surface area contributed by atoms with Gasteiger partial charge in [0.05, 0.1) is 25.7 Å². The summed E-state index contributed by atoms with van der Waals surface area (Å²) in [6.07, 6.45) is 3.90. The van der Waals surface area contributed by atoms with Gasteiger partial charge in [-0.05, 0) is 25.5 Å². The molecule has 1 aromatic carbocycles. The smallest absolute Gasteiger partial charge is 0.123 e. The molecule has 1 saturated heterocycles. The number of nitrogens with one attached hydrogen (secondary N) is 1. The zero-order valence-electron chi connectivity index (χ0n) is 12.2. The molecule has 3 N–H and O–H groups in total. The lowest BCUT2D eigenvalue weighted by atomic mass is 10.0. The number of likely N-dealkylation sites (tertiary alicyclic amines) is 1. The fourth-order valence-corrected chi connectivity index (χ4v) is 3.13. The molecule has 1 heterocycles. The predicted octanol–water partition coefficient (Wildman–Crippen LogP) is 0.907. The lowest BCUT2D eigenvalue weighted by Crippen LogP contribution is -3.14. The maximum atomic E-state index is 12.9. The van der Waals surface area contributed by atoms with Crippen molar-refractivity contribution in [3.05, 3.63) is 35.6 Å². The summed E-state index contributed by atoms with van der Waals surface area (Å²) in [6.45, 7) is 8.43. The Morgan fingerprint density at radius 1 is 1.26 bits per heavy atom. The quantitative estimate of drug-likeness (QED) is 0.790. The Morgan fingerprint density at radius 2 is 1.89 bits per heavy atom. The molecule has 1 aromatic rings. The van der Waals surface area contributed by atoms with Crippen LogP contribution < -0.4 is 10.2 Å². The maximum Gasteiger partial charge on any atom is 0.123 e. The van der Waals surface area contributed by atoms with E-state index < -0.39 is 0 Å². The first-order valence-electron chi connectivity index (χ1n) is 7.63. The van der Waals surface area contributed by atoms with Crippen molar-refractivity contribution in [3.63, 3.8) is 0 Å². The minimum Gasteiger partial charge on any atom is -0.337 e. The first kappa shape index (κ1) is 14.5. The number of hydrogen-bond donors (Lipinski definition) is 2. The van der Waals surface area contributed by atoms with Gasteiger partial charge in [0.25, 0.3) is 0 Å². The highest BCUT2D eigenvalue weighted by molar-refractivity contribution is 5.17. The zero-order chi connectivity index (χ0) is 13.7. The Balaban J connectivity index is 1.80. The Bertz CT molecular complexity index is 369. The van der Waals surface area contributed by atoms with Gasteiger partial charge in [-0.25, -0.2) is 4.39 Å². The Morgan fingerprint density at radius 3 is 2.47 bits per heavy atom.